The third-order valence-electron chi connectivity index (χ3n) is 6.21. The molecule has 0 N–H and O–H groups in total. The van der Waals surface area contributed by atoms with Gasteiger partial charge in [-0.15, -0.1) is 0 Å². The van der Waals surface area contributed by atoms with Gasteiger partial charge >= 0.3 is 0 Å². The van der Waals surface area contributed by atoms with Crippen molar-refractivity contribution in [3.63, 3.8) is 0 Å². The molecule has 0 aromatic heterocycles. The van der Waals surface area contributed by atoms with Crippen molar-refractivity contribution < 1.29 is 13.5 Å². The van der Waals surface area contributed by atoms with Gasteiger partial charge in [-0.05, 0) is 80.0 Å². The van der Waals surface area contributed by atoms with Crippen LogP contribution in [0.15, 0.2) is 48.6 Å². The van der Waals surface area contributed by atoms with Crippen molar-refractivity contribution in [2.75, 3.05) is 6.61 Å². The maximum atomic E-state index is 14.6. The zero-order valence-corrected chi connectivity index (χ0v) is 18.3. The van der Waals surface area contributed by atoms with Crippen LogP contribution in [-0.4, -0.2) is 6.61 Å². The Hall–Kier alpha value is -2.16. The molecule has 0 atom stereocenters. The van der Waals surface area contributed by atoms with Gasteiger partial charge in [0.25, 0.3) is 0 Å². The Labute approximate surface area is 180 Å². The molecule has 0 radical (unpaired) electrons. The molecule has 0 bridgehead atoms. The molecular weight excluding hydrogens is 378 g/mol. The first-order valence-corrected chi connectivity index (χ1v) is 11.5. The maximum Gasteiger partial charge on any atom is 0.201 e. The largest absolute Gasteiger partial charge is 0.490 e. The molecule has 2 aromatic rings. The van der Waals surface area contributed by atoms with Gasteiger partial charge in [-0.1, -0.05) is 56.7 Å². The second kappa shape index (κ2) is 11.3. The van der Waals surface area contributed by atoms with E-state index in [9.17, 15) is 8.78 Å². The lowest BCUT2D eigenvalue weighted by Gasteiger charge is -2.28. The molecule has 3 rings (SSSR count). The minimum absolute atomic E-state index is 0.00754. The summed E-state index contributed by atoms with van der Waals surface area (Å²) in [4.78, 5) is 0. The minimum atomic E-state index is -0.900. The zero-order chi connectivity index (χ0) is 21.3. The van der Waals surface area contributed by atoms with E-state index in [0.717, 1.165) is 25.2 Å². The van der Waals surface area contributed by atoms with Crippen LogP contribution in [0.25, 0.3) is 11.1 Å². The summed E-state index contributed by atoms with van der Waals surface area (Å²) < 4.78 is 34.4. The molecule has 1 aliphatic carbocycles. The van der Waals surface area contributed by atoms with Gasteiger partial charge in [0, 0.05) is 5.56 Å². The fourth-order valence-corrected chi connectivity index (χ4v) is 4.31. The van der Waals surface area contributed by atoms with Gasteiger partial charge in [-0.25, -0.2) is 4.39 Å². The number of rotatable bonds is 9. The van der Waals surface area contributed by atoms with E-state index >= 15 is 0 Å². The summed E-state index contributed by atoms with van der Waals surface area (Å²) in [5, 5.41) is 0. The fourth-order valence-electron chi connectivity index (χ4n) is 4.31. The average molecular weight is 413 g/mol. The van der Waals surface area contributed by atoms with Crippen LogP contribution in [0.2, 0.25) is 0 Å². The van der Waals surface area contributed by atoms with Gasteiger partial charge in [0.2, 0.25) is 5.82 Å². The normalized spacial score (nSPS) is 19.3. The van der Waals surface area contributed by atoms with Crippen molar-refractivity contribution in [3.05, 3.63) is 65.7 Å². The van der Waals surface area contributed by atoms with E-state index in [2.05, 4.69) is 31.2 Å². The van der Waals surface area contributed by atoms with E-state index < -0.39 is 11.6 Å². The molecule has 0 aliphatic heterocycles. The lowest BCUT2D eigenvalue weighted by Crippen LogP contribution is -2.12. The Kier molecular flexibility index (Phi) is 8.48. The van der Waals surface area contributed by atoms with E-state index in [1.54, 1.807) is 6.07 Å². The van der Waals surface area contributed by atoms with Gasteiger partial charge < -0.3 is 4.74 Å². The first-order valence-electron chi connectivity index (χ1n) is 11.5. The van der Waals surface area contributed by atoms with Crippen LogP contribution in [0.1, 0.15) is 76.7 Å². The van der Waals surface area contributed by atoms with Crippen LogP contribution in [0.4, 0.5) is 8.78 Å². The van der Waals surface area contributed by atoms with Crippen molar-refractivity contribution in [1.29, 1.82) is 0 Å². The number of ether oxygens (including phenoxy) is 1. The zero-order valence-electron chi connectivity index (χ0n) is 18.3. The molecule has 1 aliphatic rings. The molecule has 0 amide bonds. The van der Waals surface area contributed by atoms with Crippen LogP contribution in [0.3, 0.4) is 0 Å². The first kappa shape index (κ1) is 22.5. The summed E-state index contributed by atoms with van der Waals surface area (Å²) in [6, 6.07) is 11.2. The number of hydrogen-bond donors (Lipinski definition) is 0. The van der Waals surface area contributed by atoms with Gasteiger partial charge in [-0.3, -0.25) is 0 Å². The molecule has 162 valence electrons. The van der Waals surface area contributed by atoms with E-state index in [1.807, 2.05) is 19.1 Å². The summed E-state index contributed by atoms with van der Waals surface area (Å²) in [6.07, 6.45) is 13.6. The maximum absolute atomic E-state index is 14.6. The average Bonchev–Trinajstić information content (AvgIpc) is 2.78. The highest BCUT2D eigenvalue weighted by molar-refractivity contribution is 5.65. The number of benzene rings is 2. The van der Waals surface area contributed by atoms with Crippen LogP contribution in [0.5, 0.6) is 5.75 Å². The molecule has 30 heavy (non-hydrogen) atoms. The van der Waals surface area contributed by atoms with Gasteiger partial charge in [0.15, 0.2) is 11.6 Å². The van der Waals surface area contributed by atoms with Crippen molar-refractivity contribution in [3.8, 4) is 16.9 Å². The second-order valence-electron chi connectivity index (χ2n) is 8.40. The molecule has 1 nitrogen and oxygen atoms in total. The lowest BCUT2D eigenvalue weighted by atomic mass is 9.77. The van der Waals surface area contributed by atoms with Crippen LogP contribution in [-0.2, 0) is 0 Å². The smallest absolute Gasteiger partial charge is 0.201 e. The Morgan fingerprint density at radius 2 is 1.63 bits per heavy atom. The topological polar surface area (TPSA) is 9.23 Å². The van der Waals surface area contributed by atoms with E-state index in [0.29, 0.717) is 18.1 Å². The van der Waals surface area contributed by atoms with E-state index in [-0.39, 0.29) is 11.3 Å². The Bertz CT molecular complexity index is 818. The standard InChI is InChI=1S/C27H34F2O/c1-3-5-7-8-20-9-11-21(12-10-20)22-13-15-23(16-14-22)24-17-18-25(27(29)26(24)28)30-19-6-4-2/h5,7,13-18,20-21H,3-4,6,8-12,19H2,1-2H3/b7-5-. The molecular formula is C27H34F2O. The summed E-state index contributed by atoms with van der Waals surface area (Å²) in [5.41, 5.74) is 2.30. The summed E-state index contributed by atoms with van der Waals surface area (Å²) in [5.74, 6) is -0.368. The Balaban J connectivity index is 1.63. The monoisotopic (exact) mass is 412 g/mol. The molecule has 0 spiro atoms. The van der Waals surface area contributed by atoms with Gasteiger partial charge in [0.1, 0.15) is 0 Å². The Morgan fingerprint density at radius 3 is 2.30 bits per heavy atom. The predicted molar refractivity (Wildman–Crippen MR) is 121 cm³/mol. The fraction of sp³-hybridized carbons (Fsp3) is 0.481. The number of halogens is 2. The highest BCUT2D eigenvalue weighted by atomic mass is 19.2. The summed E-state index contributed by atoms with van der Waals surface area (Å²) >= 11 is 0. The minimum Gasteiger partial charge on any atom is -0.490 e. The molecule has 0 unspecified atom stereocenters. The quantitative estimate of drug-likeness (QED) is 0.296. The predicted octanol–water partition coefficient (Wildman–Crippen LogP) is 8.44. The van der Waals surface area contributed by atoms with E-state index in [4.69, 9.17) is 4.74 Å². The number of unbranched alkanes of at least 4 members (excludes halogenated alkanes) is 1. The van der Waals surface area contributed by atoms with Crippen molar-refractivity contribution in [2.45, 2.75) is 71.1 Å². The third kappa shape index (κ3) is 5.71. The highest BCUT2D eigenvalue weighted by Gasteiger charge is 2.22. The third-order valence-corrected chi connectivity index (χ3v) is 6.21. The van der Waals surface area contributed by atoms with Crippen LogP contribution in [0, 0.1) is 17.6 Å². The summed E-state index contributed by atoms with van der Waals surface area (Å²) in [6.45, 7) is 4.61. The van der Waals surface area contributed by atoms with Crippen molar-refractivity contribution in [2.24, 2.45) is 5.92 Å². The van der Waals surface area contributed by atoms with Crippen molar-refractivity contribution >= 4 is 0 Å². The van der Waals surface area contributed by atoms with Gasteiger partial charge in [0.05, 0.1) is 6.61 Å². The van der Waals surface area contributed by atoms with Crippen molar-refractivity contribution in [1.82, 2.24) is 0 Å². The molecule has 0 heterocycles. The molecule has 2 aromatic carbocycles. The first-order chi connectivity index (χ1) is 14.6. The van der Waals surface area contributed by atoms with Gasteiger partial charge in [-0.2, -0.15) is 4.39 Å². The summed E-state index contributed by atoms with van der Waals surface area (Å²) in [7, 11) is 0. The molecule has 1 fully saturated rings. The van der Waals surface area contributed by atoms with E-state index in [1.165, 1.54) is 43.7 Å². The molecule has 3 heteroatoms. The highest BCUT2D eigenvalue weighted by Crippen LogP contribution is 2.38. The SMILES string of the molecule is CC/C=C\CC1CCC(c2ccc(-c3ccc(OCCCC)c(F)c3F)cc2)CC1. The molecule has 1 saturated carbocycles. The molecule has 0 saturated heterocycles. The number of hydrogen-bond acceptors (Lipinski definition) is 1. The number of allylic oxidation sites excluding steroid dienone is 2. The lowest BCUT2D eigenvalue weighted by molar-refractivity contribution is 0.289. The van der Waals surface area contributed by atoms with Crippen LogP contribution >= 0.6 is 0 Å². The van der Waals surface area contributed by atoms with Crippen LogP contribution < -0.4 is 4.74 Å². The second-order valence-corrected chi connectivity index (χ2v) is 8.40. The Morgan fingerprint density at radius 1 is 0.900 bits per heavy atom.